The van der Waals surface area contributed by atoms with Crippen molar-refractivity contribution in [2.75, 3.05) is 6.61 Å². The molecule has 3 nitrogen and oxygen atoms in total. The molecule has 0 atom stereocenters. The van der Waals surface area contributed by atoms with Crippen LogP contribution < -0.4 is 0 Å². The van der Waals surface area contributed by atoms with Crippen LogP contribution in [-0.2, 0) is 21.3 Å². The first kappa shape index (κ1) is 13.9. The summed E-state index contributed by atoms with van der Waals surface area (Å²) < 4.78 is 5.04. The van der Waals surface area contributed by atoms with Gasteiger partial charge in [-0.25, -0.2) is 4.79 Å². The number of ether oxygens (including phenoxy) is 1. The minimum Gasteiger partial charge on any atom is -0.462 e. The zero-order valence-corrected chi connectivity index (χ0v) is 11.3. The average Bonchev–Trinajstić information content (AvgIpc) is 2.35. The maximum atomic E-state index is 11.9. The Labute approximate surface area is 109 Å². The predicted molar refractivity (Wildman–Crippen MR) is 69.4 cm³/mol. The second-order valence-corrected chi connectivity index (χ2v) is 4.07. The average molecular weight is 299 g/mol. The fourth-order valence-corrected chi connectivity index (χ4v) is 2.12. The molecule has 0 N–H and O–H groups in total. The van der Waals surface area contributed by atoms with E-state index in [0.29, 0.717) is 30.3 Å². The molecule has 17 heavy (non-hydrogen) atoms. The molecular formula is C13H15BrO3. The van der Waals surface area contributed by atoms with Crippen LogP contribution in [0.1, 0.15) is 34.8 Å². The van der Waals surface area contributed by atoms with Gasteiger partial charge in [-0.15, -0.1) is 0 Å². The highest BCUT2D eigenvalue weighted by Crippen LogP contribution is 2.20. The van der Waals surface area contributed by atoms with Gasteiger partial charge in [-0.2, -0.15) is 0 Å². The number of aryl methyl sites for hydroxylation is 1. The number of carbonyl (C=O) groups is 2. The molecule has 92 valence electrons. The van der Waals surface area contributed by atoms with Crippen molar-refractivity contribution in [1.82, 2.24) is 0 Å². The van der Waals surface area contributed by atoms with E-state index in [9.17, 15) is 9.59 Å². The second kappa shape index (κ2) is 7.22. The van der Waals surface area contributed by atoms with Crippen LogP contribution in [0.4, 0.5) is 0 Å². The molecule has 0 unspecified atom stereocenters. The van der Waals surface area contributed by atoms with Crippen molar-refractivity contribution in [3.63, 3.8) is 0 Å². The summed E-state index contributed by atoms with van der Waals surface area (Å²) in [5.74, 6) is -0.316. The summed E-state index contributed by atoms with van der Waals surface area (Å²) in [5, 5.41) is 0.593. The van der Waals surface area contributed by atoms with Gasteiger partial charge in [0.15, 0.2) is 0 Å². The lowest BCUT2D eigenvalue weighted by molar-refractivity contribution is -0.107. The Morgan fingerprint density at radius 3 is 2.71 bits per heavy atom. The van der Waals surface area contributed by atoms with Crippen LogP contribution in [0.3, 0.4) is 0 Å². The first-order valence-corrected chi connectivity index (χ1v) is 6.64. The van der Waals surface area contributed by atoms with Gasteiger partial charge >= 0.3 is 5.97 Å². The van der Waals surface area contributed by atoms with Crippen LogP contribution in [-0.4, -0.2) is 18.9 Å². The molecule has 0 radical (unpaired) electrons. The summed E-state index contributed by atoms with van der Waals surface area (Å²) in [6, 6.07) is 5.63. The molecule has 1 rings (SSSR count). The number of carbonyl (C=O) groups excluding carboxylic acids is 2. The van der Waals surface area contributed by atoms with E-state index in [-0.39, 0.29) is 5.97 Å². The normalized spacial score (nSPS) is 10.0. The molecule has 0 spiro atoms. The SMILES string of the molecule is CCOC(=O)c1c(CBr)cccc1CCC=O. The van der Waals surface area contributed by atoms with Crippen molar-refractivity contribution in [1.29, 1.82) is 0 Å². The minimum atomic E-state index is -0.316. The van der Waals surface area contributed by atoms with Crippen molar-refractivity contribution in [3.05, 3.63) is 34.9 Å². The molecule has 0 fully saturated rings. The number of hydrogen-bond acceptors (Lipinski definition) is 3. The van der Waals surface area contributed by atoms with Gasteiger partial charge < -0.3 is 9.53 Å². The molecule has 0 heterocycles. The molecule has 0 aliphatic rings. The van der Waals surface area contributed by atoms with Crippen LogP contribution in [0.15, 0.2) is 18.2 Å². The molecule has 1 aromatic carbocycles. The van der Waals surface area contributed by atoms with E-state index in [4.69, 9.17) is 4.74 Å². The lowest BCUT2D eigenvalue weighted by Crippen LogP contribution is -2.11. The maximum absolute atomic E-state index is 11.9. The van der Waals surface area contributed by atoms with E-state index in [0.717, 1.165) is 17.4 Å². The van der Waals surface area contributed by atoms with Crippen LogP contribution >= 0.6 is 15.9 Å². The molecular weight excluding hydrogens is 284 g/mol. The highest BCUT2D eigenvalue weighted by Gasteiger charge is 2.16. The Balaban J connectivity index is 3.10. The first-order valence-electron chi connectivity index (χ1n) is 5.52. The molecule has 0 aliphatic heterocycles. The number of aldehydes is 1. The molecule has 4 heteroatoms. The summed E-state index contributed by atoms with van der Waals surface area (Å²) >= 11 is 3.35. The summed E-state index contributed by atoms with van der Waals surface area (Å²) in [5.41, 5.74) is 2.35. The van der Waals surface area contributed by atoms with Crippen molar-refractivity contribution in [2.24, 2.45) is 0 Å². The van der Waals surface area contributed by atoms with Gasteiger partial charge in [-0.1, -0.05) is 34.1 Å². The lowest BCUT2D eigenvalue weighted by atomic mass is 9.98. The highest BCUT2D eigenvalue weighted by atomic mass is 79.9. The van der Waals surface area contributed by atoms with E-state index < -0.39 is 0 Å². The largest absolute Gasteiger partial charge is 0.462 e. The number of rotatable bonds is 6. The Morgan fingerprint density at radius 1 is 1.41 bits per heavy atom. The van der Waals surface area contributed by atoms with Crippen molar-refractivity contribution in [3.8, 4) is 0 Å². The summed E-state index contributed by atoms with van der Waals surface area (Å²) in [6.45, 7) is 2.13. The molecule has 1 aromatic rings. The smallest absolute Gasteiger partial charge is 0.338 e. The first-order chi connectivity index (χ1) is 8.24. The summed E-state index contributed by atoms with van der Waals surface area (Å²) in [6.07, 6.45) is 1.84. The van der Waals surface area contributed by atoms with Crippen LogP contribution in [0.5, 0.6) is 0 Å². The number of alkyl halides is 1. The maximum Gasteiger partial charge on any atom is 0.338 e. The third-order valence-electron chi connectivity index (χ3n) is 2.39. The van der Waals surface area contributed by atoms with Gasteiger partial charge in [-0.3, -0.25) is 0 Å². The molecule has 0 amide bonds. The quantitative estimate of drug-likeness (QED) is 0.461. The van der Waals surface area contributed by atoms with Gasteiger partial charge in [0.25, 0.3) is 0 Å². The number of esters is 1. The number of hydrogen-bond donors (Lipinski definition) is 0. The second-order valence-electron chi connectivity index (χ2n) is 3.51. The van der Waals surface area contributed by atoms with Crippen molar-refractivity contribution < 1.29 is 14.3 Å². The lowest BCUT2D eigenvalue weighted by Gasteiger charge is -2.11. The van der Waals surface area contributed by atoms with Gasteiger partial charge in [-0.05, 0) is 24.5 Å². The Hall–Kier alpha value is -1.16. The van der Waals surface area contributed by atoms with Gasteiger partial charge in [0.1, 0.15) is 6.29 Å². The fourth-order valence-electron chi connectivity index (χ4n) is 1.65. The molecule has 0 saturated carbocycles. The van der Waals surface area contributed by atoms with Crippen LogP contribution in [0.25, 0.3) is 0 Å². The summed E-state index contributed by atoms with van der Waals surface area (Å²) in [4.78, 5) is 22.3. The Bertz CT molecular complexity index is 402. The zero-order chi connectivity index (χ0) is 12.7. The van der Waals surface area contributed by atoms with Crippen LogP contribution in [0.2, 0.25) is 0 Å². The molecule has 0 saturated heterocycles. The molecule has 0 aliphatic carbocycles. The van der Waals surface area contributed by atoms with E-state index in [2.05, 4.69) is 15.9 Å². The monoisotopic (exact) mass is 298 g/mol. The van der Waals surface area contributed by atoms with E-state index in [1.54, 1.807) is 6.92 Å². The Kier molecular flexibility index (Phi) is 5.91. The van der Waals surface area contributed by atoms with Crippen LogP contribution in [0, 0.1) is 0 Å². The van der Waals surface area contributed by atoms with Crippen molar-refractivity contribution in [2.45, 2.75) is 25.1 Å². The predicted octanol–water partition coefficient (Wildman–Crippen LogP) is 2.89. The Morgan fingerprint density at radius 2 is 2.12 bits per heavy atom. The highest BCUT2D eigenvalue weighted by molar-refractivity contribution is 9.08. The van der Waals surface area contributed by atoms with Crippen molar-refractivity contribution >= 4 is 28.2 Å². The topological polar surface area (TPSA) is 43.4 Å². The summed E-state index contributed by atoms with van der Waals surface area (Å²) in [7, 11) is 0. The van der Waals surface area contributed by atoms with Gasteiger partial charge in [0.2, 0.25) is 0 Å². The third-order valence-corrected chi connectivity index (χ3v) is 3.00. The fraction of sp³-hybridized carbons (Fsp3) is 0.385. The van der Waals surface area contributed by atoms with E-state index in [1.165, 1.54) is 0 Å². The number of halogens is 1. The van der Waals surface area contributed by atoms with Gasteiger partial charge in [0.05, 0.1) is 12.2 Å². The third kappa shape index (κ3) is 3.66. The minimum absolute atomic E-state index is 0.316. The molecule has 0 aromatic heterocycles. The van der Waals surface area contributed by atoms with E-state index >= 15 is 0 Å². The van der Waals surface area contributed by atoms with Gasteiger partial charge in [0, 0.05) is 11.8 Å². The standard InChI is InChI=1S/C13H15BrO3/c1-2-17-13(16)12-10(7-4-8-15)5-3-6-11(12)9-14/h3,5-6,8H,2,4,7,9H2,1H3. The van der Waals surface area contributed by atoms with E-state index in [1.807, 2.05) is 18.2 Å². The zero-order valence-electron chi connectivity index (χ0n) is 9.74. The number of benzene rings is 1. The molecule has 0 bridgehead atoms.